The Morgan fingerprint density at radius 1 is 0.933 bits per heavy atom. The predicted octanol–water partition coefficient (Wildman–Crippen LogP) is 3.45. The first kappa shape index (κ1) is 24.4. The number of carbonyl (C=O) groups excluding carboxylic acids is 1. The molecule has 1 amide bonds. The van der Waals surface area contributed by atoms with Crippen molar-refractivity contribution in [3.05, 3.63) is 48.0 Å². The molecule has 0 saturated heterocycles. The van der Waals surface area contributed by atoms with Crippen LogP contribution in [0, 0.1) is 5.92 Å². The maximum Gasteiger partial charge on any atom is 0.241 e. The first-order chi connectivity index (χ1) is 13.8. The number of rotatable bonds is 8. The van der Waals surface area contributed by atoms with Crippen LogP contribution in [0.1, 0.15) is 32.4 Å². The second-order valence-corrected chi connectivity index (χ2v) is 11.8. The van der Waals surface area contributed by atoms with E-state index < -0.39 is 25.9 Å². The topological polar surface area (TPSA) is 109 Å². The summed E-state index contributed by atoms with van der Waals surface area (Å²) in [6.07, 6.45) is 2.96. The fourth-order valence-corrected chi connectivity index (χ4v) is 5.02. The van der Waals surface area contributed by atoms with E-state index in [0.29, 0.717) is 11.3 Å². The fourth-order valence-electron chi connectivity index (χ4n) is 2.60. The van der Waals surface area contributed by atoms with Crippen LogP contribution in [0.4, 0.5) is 5.69 Å². The van der Waals surface area contributed by atoms with Gasteiger partial charge in [0.05, 0.1) is 15.5 Å². The molecular weight excluding hydrogens is 444 g/mol. The minimum atomic E-state index is -3.88. The lowest BCUT2D eigenvalue weighted by molar-refractivity contribution is -0.118. The zero-order valence-electron chi connectivity index (χ0n) is 17.5. The van der Waals surface area contributed by atoms with Crippen LogP contribution in [-0.4, -0.2) is 35.3 Å². The van der Waals surface area contributed by atoms with Gasteiger partial charge in [0.2, 0.25) is 15.9 Å². The van der Waals surface area contributed by atoms with Crippen molar-refractivity contribution in [3.63, 3.8) is 0 Å². The summed E-state index contributed by atoms with van der Waals surface area (Å²) in [4.78, 5) is 13.0. The van der Waals surface area contributed by atoms with Crippen LogP contribution in [-0.2, 0) is 24.7 Å². The van der Waals surface area contributed by atoms with Crippen LogP contribution in [0.2, 0.25) is 0 Å². The van der Waals surface area contributed by atoms with E-state index in [1.165, 1.54) is 36.0 Å². The molecule has 0 aliphatic rings. The molecule has 164 valence electrons. The molecule has 2 N–H and O–H groups in total. The third-order valence-corrected chi connectivity index (χ3v) is 7.87. The summed E-state index contributed by atoms with van der Waals surface area (Å²) in [6.45, 7) is 5.19. The normalized spacial score (nSPS) is 13.3. The lowest BCUT2D eigenvalue weighted by atomic mass is 10.1. The quantitative estimate of drug-likeness (QED) is 0.572. The Morgan fingerprint density at radius 2 is 1.50 bits per heavy atom. The molecule has 2 aromatic carbocycles. The average molecular weight is 471 g/mol. The van der Waals surface area contributed by atoms with Gasteiger partial charge in [-0.05, 0) is 49.1 Å². The van der Waals surface area contributed by atoms with E-state index in [4.69, 9.17) is 0 Å². The molecule has 2 rings (SSSR count). The molecule has 0 saturated carbocycles. The summed E-state index contributed by atoms with van der Waals surface area (Å²) in [6, 6.07) is 10.0. The van der Waals surface area contributed by atoms with Gasteiger partial charge in [0.1, 0.15) is 0 Å². The highest BCUT2D eigenvalue weighted by Gasteiger charge is 2.21. The van der Waals surface area contributed by atoms with Crippen LogP contribution in [0.5, 0.6) is 0 Å². The van der Waals surface area contributed by atoms with Crippen LogP contribution in [0.3, 0.4) is 0 Å². The Morgan fingerprint density at radius 3 is 2.00 bits per heavy atom. The van der Waals surface area contributed by atoms with Crippen molar-refractivity contribution in [2.45, 2.75) is 41.5 Å². The maximum atomic E-state index is 12.9. The van der Waals surface area contributed by atoms with Gasteiger partial charge in [0, 0.05) is 23.1 Å². The first-order valence-electron chi connectivity index (χ1n) is 9.16. The number of sulfonamides is 1. The van der Waals surface area contributed by atoms with Gasteiger partial charge in [0.25, 0.3) is 0 Å². The minimum Gasteiger partial charge on any atom is -0.325 e. The predicted molar refractivity (Wildman–Crippen MR) is 120 cm³/mol. The number of anilines is 1. The van der Waals surface area contributed by atoms with Crippen LogP contribution in [0.15, 0.2) is 57.2 Å². The zero-order chi connectivity index (χ0) is 22.7. The highest BCUT2D eigenvalue weighted by atomic mass is 32.2. The molecular formula is C20H26N2O5S3. The molecule has 0 aromatic heterocycles. The minimum absolute atomic E-state index is 0.0268. The lowest BCUT2D eigenvalue weighted by Gasteiger charge is -2.17. The molecule has 0 spiro atoms. The molecule has 0 heterocycles. The second-order valence-electron chi connectivity index (χ2n) is 7.19. The van der Waals surface area contributed by atoms with Crippen molar-refractivity contribution in [1.29, 1.82) is 0 Å². The molecule has 0 fully saturated rings. The Balaban J connectivity index is 2.29. The molecule has 2 aromatic rings. The van der Waals surface area contributed by atoms with E-state index in [9.17, 15) is 21.6 Å². The number of thioether (sulfide) groups is 1. The van der Waals surface area contributed by atoms with Gasteiger partial charge in [-0.3, -0.25) is 4.79 Å². The Bertz CT molecular complexity index is 1130. The number of carbonyl (C=O) groups is 1. The molecule has 10 heteroatoms. The van der Waals surface area contributed by atoms with E-state index in [0.717, 1.165) is 11.2 Å². The van der Waals surface area contributed by atoms with Crippen molar-refractivity contribution in [2.75, 3.05) is 17.8 Å². The maximum absolute atomic E-state index is 12.9. The highest BCUT2D eigenvalue weighted by molar-refractivity contribution is 7.98. The van der Waals surface area contributed by atoms with E-state index in [-0.39, 0.29) is 21.6 Å². The molecule has 30 heavy (non-hydrogen) atoms. The van der Waals surface area contributed by atoms with Gasteiger partial charge >= 0.3 is 0 Å². The van der Waals surface area contributed by atoms with E-state index in [2.05, 4.69) is 10.0 Å². The Hall–Kier alpha value is -1.88. The summed E-state index contributed by atoms with van der Waals surface area (Å²) in [7, 11) is -7.20. The third kappa shape index (κ3) is 6.07. The van der Waals surface area contributed by atoms with Gasteiger partial charge in [-0.1, -0.05) is 26.0 Å². The van der Waals surface area contributed by atoms with Crippen molar-refractivity contribution in [3.8, 4) is 0 Å². The second kappa shape index (κ2) is 9.51. The standard InChI is InChI=1S/C20H26N2O5S3/c1-13(2)20(23)21-18-12-17(10-11-19(18)28-4)30(26,27)22-14(3)15-6-8-16(9-7-15)29(5,24)25/h6-14,22H,1-5H3,(H,21,23). The van der Waals surface area contributed by atoms with Crippen molar-refractivity contribution >= 4 is 43.2 Å². The summed E-state index contributed by atoms with van der Waals surface area (Å²) in [5, 5.41) is 2.77. The summed E-state index contributed by atoms with van der Waals surface area (Å²) < 4.78 is 51.5. The van der Waals surface area contributed by atoms with E-state index in [1.807, 2.05) is 6.26 Å². The molecule has 1 atom stereocenters. The molecule has 1 unspecified atom stereocenters. The number of benzene rings is 2. The van der Waals surface area contributed by atoms with Crippen LogP contribution in [0.25, 0.3) is 0 Å². The smallest absolute Gasteiger partial charge is 0.241 e. The van der Waals surface area contributed by atoms with Crippen molar-refractivity contribution < 1.29 is 21.6 Å². The number of sulfone groups is 1. The van der Waals surface area contributed by atoms with Gasteiger partial charge in [-0.15, -0.1) is 11.8 Å². The van der Waals surface area contributed by atoms with E-state index in [1.54, 1.807) is 39.0 Å². The van der Waals surface area contributed by atoms with Gasteiger partial charge < -0.3 is 5.32 Å². The summed E-state index contributed by atoms with van der Waals surface area (Å²) in [5.74, 6) is -0.444. The van der Waals surface area contributed by atoms with E-state index >= 15 is 0 Å². The number of nitrogens with one attached hydrogen (secondary N) is 2. The monoisotopic (exact) mass is 470 g/mol. The fraction of sp³-hybridized carbons (Fsp3) is 0.350. The molecule has 0 aliphatic heterocycles. The van der Waals surface area contributed by atoms with Crippen LogP contribution >= 0.6 is 11.8 Å². The van der Waals surface area contributed by atoms with Crippen LogP contribution < -0.4 is 10.0 Å². The van der Waals surface area contributed by atoms with Gasteiger partial charge in [-0.2, -0.15) is 0 Å². The summed E-state index contributed by atoms with van der Waals surface area (Å²) in [5.41, 5.74) is 1.06. The van der Waals surface area contributed by atoms with Crippen molar-refractivity contribution in [2.24, 2.45) is 5.92 Å². The SMILES string of the molecule is CSc1ccc(S(=O)(=O)NC(C)c2ccc(S(C)(=O)=O)cc2)cc1NC(=O)C(C)C. The molecule has 7 nitrogen and oxygen atoms in total. The molecule has 0 aliphatic carbocycles. The van der Waals surface area contributed by atoms with Crippen molar-refractivity contribution in [1.82, 2.24) is 4.72 Å². The summed E-state index contributed by atoms with van der Waals surface area (Å²) >= 11 is 1.40. The largest absolute Gasteiger partial charge is 0.325 e. The average Bonchev–Trinajstić information content (AvgIpc) is 2.66. The van der Waals surface area contributed by atoms with Gasteiger partial charge in [-0.25, -0.2) is 21.6 Å². The zero-order valence-corrected chi connectivity index (χ0v) is 19.9. The third-order valence-electron chi connectivity index (χ3n) is 4.40. The number of amides is 1. The number of hydrogen-bond acceptors (Lipinski definition) is 6. The Labute approximate surface area is 182 Å². The molecule has 0 bridgehead atoms. The molecule has 0 radical (unpaired) electrons. The highest BCUT2D eigenvalue weighted by Crippen LogP contribution is 2.29. The number of hydrogen-bond donors (Lipinski definition) is 2. The van der Waals surface area contributed by atoms with Gasteiger partial charge in [0.15, 0.2) is 9.84 Å². The first-order valence-corrected chi connectivity index (χ1v) is 13.8. The Kier molecular flexibility index (Phi) is 7.73. The lowest BCUT2D eigenvalue weighted by Crippen LogP contribution is -2.27.